The van der Waals surface area contributed by atoms with E-state index in [1.54, 1.807) is 17.4 Å². The molecule has 0 bridgehead atoms. The summed E-state index contributed by atoms with van der Waals surface area (Å²) in [7, 11) is 0. The highest BCUT2D eigenvalue weighted by atomic mass is 35.5. The van der Waals surface area contributed by atoms with Crippen LogP contribution in [0.1, 0.15) is 12.5 Å². The topological polar surface area (TPSA) is 70.7 Å². The number of nitrogens with one attached hydrogen (secondary N) is 2. The second-order valence-corrected chi connectivity index (χ2v) is 7.68. The first kappa shape index (κ1) is 17.0. The lowest BCUT2D eigenvalue weighted by Gasteiger charge is -2.10. The number of nitrogens with zero attached hydrogens (tertiary/aromatic N) is 2. The Kier molecular flexibility index (Phi) is 5.55. The molecule has 24 heavy (non-hydrogen) atoms. The lowest BCUT2D eigenvalue weighted by Crippen LogP contribution is -2.30. The Morgan fingerprint density at radius 3 is 2.96 bits per heavy atom. The van der Waals surface area contributed by atoms with Crippen LogP contribution < -0.4 is 5.32 Å². The van der Waals surface area contributed by atoms with Crippen LogP contribution in [0.2, 0.25) is 5.02 Å². The summed E-state index contributed by atoms with van der Waals surface area (Å²) < 4.78 is 0. The van der Waals surface area contributed by atoms with Crippen molar-refractivity contribution in [3.8, 4) is 10.7 Å². The lowest BCUT2D eigenvalue weighted by atomic mass is 10.2. The molecule has 5 nitrogen and oxygen atoms in total. The first-order chi connectivity index (χ1) is 11.6. The highest BCUT2D eigenvalue weighted by Gasteiger charge is 2.17. The van der Waals surface area contributed by atoms with Crippen LogP contribution in [0, 0.1) is 0 Å². The number of carbonyl (C=O) groups excluding carboxylic acids is 1. The van der Waals surface area contributed by atoms with Crippen LogP contribution in [0.4, 0.5) is 0 Å². The van der Waals surface area contributed by atoms with E-state index < -0.39 is 0 Å². The number of H-pyrrole nitrogens is 1. The summed E-state index contributed by atoms with van der Waals surface area (Å²) in [4.78, 5) is 17.7. The molecule has 2 N–H and O–H groups in total. The largest absolute Gasteiger partial charge is 0.351 e. The molecule has 0 aliphatic carbocycles. The fourth-order valence-corrected chi connectivity index (χ4v) is 3.62. The molecule has 0 aliphatic rings. The van der Waals surface area contributed by atoms with Crippen LogP contribution in [0.25, 0.3) is 10.7 Å². The van der Waals surface area contributed by atoms with Gasteiger partial charge in [-0.3, -0.25) is 9.89 Å². The van der Waals surface area contributed by atoms with Gasteiger partial charge >= 0.3 is 0 Å². The smallest absolute Gasteiger partial charge is 0.233 e. The van der Waals surface area contributed by atoms with Gasteiger partial charge in [0.15, 0.2) is 5.82 Å². The summed E-state index contributed by atoms with van der Waals surface area (Å²) in [5, 5.41) is 12.8. The number of amides is 1. The third-order valence-corrected chi connectivity index (χ3v) is 5.49. The van der Waals surface area contributed by atoms with Gasteiger partial charge in [0.1, 0.15) is 0 Å². The maximum absolute atomic E-state index is 12.2. The zero-order valence-corrected chi connectivity index (χ0v) is 15.2. The van der Waals surface area contributed by atoms with Gasteiger partial charge in [-0.05, 0) is 30.0 Å². The number of aromatic nitrogens is 3. The standard InChI is InChI=1S/C16H15ClN4OS2/c1-10(15(22)18-9-11-5-2-3-6-12(11)17)24-16-19-14(20-21-16)13-7-4-8-23-13/h2-8,10H,9H2,1H3,(H,18,22)(H,19,20,21)/t10-/m0/s1. The van der Waals surface area contributed by atoms with Crippen molar-refractivity contribution in [1.82, 2.24) is 20.5 Å². The van der Waals surface area contributed by atoms with Crippen LogP contribution in [0.3, 0.4) is 0 Å². The molecule has 0 spiro atoms. The Morgan fingerprint density at radius 1 is 1.38 bits per heavy atom. The van der Waals surface area contributed by atoms with E-state index in [9.17, 15) is 4.79 Å². The number of hydrogen-bond donors (Lipinski definition) is 2. The van der Waals surface area contributed by atoms with Gasteiger partial charge in [-0.1, -0.05) is 47.6 Å². The van der Waals surface area contributed by atoms with Crippen LogP contribution >= 0.6 is 34.7 Å². The molecule has 0 radical (unpaired) electrons. The number of rotatable bonds is 6. The number of hydrogen-bond acceptors (Lipinski definition) is 5. The number of carbonyl (C=O) groups is 1. The summed E-state index contributed by atoms with van der Waals surface area (Å²) in [5.41, 5.74) is 0.891. The van der Waals surface area contributed by atoms with Crippen molar-refractivity contribution in [2.24, 2.45) is 0 Å². The zero-order valence-electron chi connectivity index (χ0n) is 12.8. The minimum absolute atomic E-state index is 0.0811. The van der Waals surface area contributed by atoms with Crippen LogP contribution in [-0.2, 0) is 11.3 Å². The number of benzene rings is 1. The Hall–Kier alpha value is -1.83. The van der Waals surface area contributed by atoms with Crippen LogP contribution in [0.15, 0.2) is 46.9 Å². The molecule has 3 rings (SSSR count). The molecular formula is C16H15ClN4OS2. The average molecular weight is 379 g/mol. The van der Waals surface area contributed by atoms with Gasteiger partial charge in [0, 0.05) is 11.6 Å². The molecule has 2 heterocycles. The minimum atomic E-state index is -0.306. The molecule has 1 atom stereocenters. The normalized spacial score (nSPS) is 12.1. The third kappa shape index (κ3) is 4.17. The van der Waals surface area contributed by atoms with Gasteiger partial charge in [0.25, 0.3) is 0 Å². The highest BCUT2D eigenvalue weighted by molar-refractivity contribution is 8.00. The fraction of sp³-hybridized carbons (Fsp3) is 0.188. The van der Waals surface area contributed by atoms with E-state index in [1.807, 2.05) is 42.6 Å². The zero-order chi connectivity index (χ0) is 16.9. The van der Waals surface area contributed by atoms with E-state index in [0.717, 1.165) is 16.3 Å². The molecule has 0 unspecified atom stereocenters. The lowest BCUT2D eigenvalue weighted by molar-refractivity contribution is -0.120. The van der Waals surface area contributed by atoms with E-state index in [1.165, 1.54) is 11.8 Å². The predicted octanol–water partition coefficient (Wildman–Crippen LogP) is 3.98. The van der Waals surface area contributed by atoms with Crippen LogP contribution in [0.5, 0.6) is 0 Å². The average Bonchev–Trinajstić information content (AvgIpc) is 3.25. The minimum Gasteiger partial charge on any atom is -0.351 e. The molecule has 0 aliphatic heterocycles. The van der Waals surface area contributed by atoms with E-state index in [4.69, 9.17) is 11.6 Å². The molecule has 3 aromatic rings. The summed E-state index contributed by atoms with van der Waals surface area (Å²) in [5.74, 6) is 0.638. The number of halogens is 1. The molecule has 0 saturated carbocycles. The molecule has 1 aromatic carbocycles. The van der Waals surface area contributed by atoms with Crippen molar-refractivity contribution < 1.29 is 4.79 Å². The van der Waals surface area contributed by atoms with Crippen molar-refractivity contribution in [3.63, 3.8) is 0 Å². The Balaban J connectivity index is 1.55. The highest BCUT2D eigenvalue weighted by Crippen LogP contribution is 2.25. The van der Waals surface area contributed by atoms with Crippen molar-refractivity contribution in [1.29, 1.82) is 0 Å². The van der Waals surface area contributed by atoms with E-state index in [-0.39, 0.29) is 11.2 Å². The molecule has 2 aromatic heterocycles. The first-order valence-electron chi connectivity index (χ1n) is 7.27. The molecule has 1 amide bonds. The monoisotopic (exact) mass is 378 g/mol. The quantitative estimate of drug-likeness (QED) is 0.636. The molecule has 0 fully saturated rings. The summed E-state index contributed by atoms with van der Waals surface area (Å²) in [6.07, 6.45) is 0. The Morgan fingerprint density at radius 2 is 2.21 bits per heavy atom. The summed E-state index contributed by atoms with van der Waals surface area (Å²) in [6.45, 7) is 2.23. The van der Waals surface area contributed by atoms with Gasteiger partial charge in [-0.15, -0.1) is 16.4 Å². The van der Waals surface area contributed by atoms with Gasteiger partial charge in [0.2, 0.25) is 11.1 Å². The third-order valence-electron chi connectivity index (χ3n) is 3.28. The van der Waals surface area contributed by atoms with Crippen molar-refractivity contribution >= 4 is 40.6 Å². The summed E-state index contributed by atoms with van der Waals surface area (Å²) >= 11 is 8.99. The van der Waals surface area contributed by atoms with Crippen molar-refractivity contribution in [2.45, 2.75) is 23.9 Å². The van der Waals surface area contributed by atoms with Gasteiger partial charge in [-0.25, -0.2) is 4.98 Å². The van der Waals surface area contributed by atoms with Crippen molar-refractivity contribution in [3.05, 3.63) is 52.4 Å². The number of thiophene rings is 1. The van der Waals surface area contributed by atoms with E-state index in [0.29, 0.717) is 16.7 Å². The van der Waals surface area contributed by atoms with Gasteiger partial charge in [0.05, 0.1) is 10.1 Å². The molecule has 8 heteroatoms. The van der Waals surface area contributed by atoms with Crippen LogP contribution in [-0.4, -0.2) is 26.3 Å². The number of thioether (sulfide) groups is 1. The molecular weight excluding hydrogens is 364 g/mol. The molecule has 124 valence electrons. The second-order valence-electron chi connectivity index (χ2n) is 5.01. The Bertz CT molecular complexity index is 819. The summed E-state index contributed by atoms with van der Waals surface area (Å²) in [6, 6.07) is 11.4. The number of aromatic amines is 1. The van der Waals surface area contributed by atoms with E-state index in [2.05, 4.69) is 20.5 Å². The van der Waals surface area contributed by atoms with Crippen molar-refractivity contribution in [2.75, 3.05) is 0 Å². The maximum Gasteiger partial charge on any atom is 0.233 e. The first-order valence-corrected chi connectivity index (χ1v) is 9.41. The fourth-order valence-electron chi connectivity index (χ4n) is 2.00. The van der Waals surface area contributed by atoms with Gasteiger partial charge < -0.3 is 5.32 Å². The Labute approximate surface area is 152 Å². The van der Waals surface area contributed by atoms with Gasteiger partial charge in [-0.2, -0.15) is 0 Å². The second kappa shape index (κ2) is 7.83. The maximum atomic E-state index is 12.2. The molecule has 0 saturated heterocycles. The van der Waals surface area contributed by atoms with E-state index >= 15 is 0 Å². The predicted molar refractivity (Wildman–Crippen MR) is 98.3 cm³/mol. The SMILES string of the molecule is C[C@H](Sc1n[nH]c(-c2cccs2)n1)C(=O)NCc1ccccc1Cl.